The van der Waals surface area contributed by atoms with Gasteiger partial charge in [-0.25, -0.2) is 0 Å². The molecule has 0 bridgehead atoms. The summed E-state index contributed by atoms with van der Waals surface area (Å²) in [5.41, 5.74) is 3.16. The lowest BCUT2D eigenvalue weighted by molar-refractivity contribution is -0.123. The summed E-state index contributed by atoms with van der Waals surface area (Å²) in [7, 11) is 0. The van der Waals surface area contributed by atoms with Gasteiger partial charge in [-0.1, -0.05) is 42.5 Å². The second-order valence-corrected chi connectivity index (χ2v) is 6.02. The maximum absolute atomic E-state index is 12.4. The van der Waals surface area contributed by atoms with Crippen LogP contribution < -0.4 is 5.32 Å². The summed E-state index contributed by atoms with van der Waals surface area (Å²) in [4.78, 5) is 12.4. The lowest BCUT2D eigenvalue weighted by Gasteiger charge is -2.18. The average molecular weight is 306 g/mol. The average Bonchev–Trinajstić information content (AvgIpc) is 3.10. The van der Waals surface area contributed by atoms with E-state index in [1.54, 1.807) is 0 Å². The van der Waals surface area contributed by atoms with E-state index in [-0.39, 0.29) is 18.5 Å². The first kappa shape index (κ1) is 14.0. The van der Waals surface area contributed by atoms with E-state index in [0.29, 0.717) is 6.42 Å². The van der Waals surface area contributed by atoms with Gasteiger partial charge in [0.25, 0.3) is 0 Å². The quantitative estimate of drug-likeness (QED) is 0.781. The highest BCUT2D eigenvalue weighted by atomic mass is 16.3. The van der Waals surface area contributed by atoms with Crippen LogP contribution in [-0.4, -0.2) is 21.7 Å². The molecule has 4 heteroatoms. The first-order chi connectivity index (χ1) is 11.2. The number of aromatic nitrogens is 1. The molecule has 3 aromatic rings. The number of amides is 1. The van der Waals surface area contributed by atoms with Gasteiger partial charge in [0.05, 0.1) is 12.1 Å². The van der Waals surface area contributed by atoms with Crippen molar-refractivity contribution in [2.45, 2.75) is 25.1 Å². The van der Waals surface area contributed by atoms with E-state index >= 15 is 0 Å². The first-order valence-corrected chi connectivity index (χ1v) is 7.81. The normalized spacial score (nSPS) is 19.7. The molecule has 1 aliphatic carbocycles. The third-order valence-electron chi connectivity index (χ3n) is 4.51. The van der Waals surface area contributed by atoms with E-state index in [0.717, 1.165) is 22.0 Å². The third kappa shape index (κ3) is 2.51. The number of aliphatic hydroxyl groups is 1. The summed E-state index contributed by atoms with van der Waals surface area (Å²) in [5, 5.41) is 14.3. The summed E-state index contributed by atoms with van der Waals surface area (Å²) in [5.74, 6) is -0.0906. The number of aliphatic hydroxyl groups excluding tert-OH is 1. The molecule has 0 radical (unpaired) electrons. The van der Waals surface area contributed by atoms with Crippen LogP contribution in [-0.2, 0) is 17.8 Å². The van der Waals surface area contributed by atoms with E-state index in [9.17, 15) is 9.90 Å². The molecule has 2 atom stereocenters. The van der Waals surface area contributed by atoms with Crippen LogP contribution >= 0.6 is 0 Å². The molecule has 1 heterocycles. The highest BCUT2D eigenvalue weighted by Gasteiger charge is 2.31. The van der Waals surface area contributed by atoms with Gasteiger partial charge in [0, 0.05) is 18.1 Å². The number of rotatable bonds is 3. The molecule has 23 heavy (non-hydrogen) atoms. The zero-order valence-corrected chi connectivity index (χ0v) is 12.6. The van der Waals surface area contributed by atoms with Gasteiger partial charge >= 0.3 is 0 Å². The lowest BCUT2D eigenvalue weighted by Crippen LogP contribution is -2.35. The monoisotopic (exact) mass is 306 g/mol. The van der Waals surface area contributed by atoms with Crippen molar-refractivity contribution >= 4 is 16.8 Å². The molecule has 4 nitrogen and oxygen atoms in total. The van der Waals surface area contributed by atoms with Crippen LogP contribution in [0.3, 0.4) is 0 Å². The van der Waals surface area contributed by atoms with Crippen molar-refractivity contribution in [1.29, 1.82) is 0 Å². The minimum Gasteiger partial charge on any atom is -0.390 e. The number of nitrogens with zero attached hydrogens (tertiary/aromatic N) is 1. The maximum atomic E-state index is 12.4. The molecular formula is C19H18N2O2. The van der Waals surface area contributed by atoms with Gasteiger partial charge < -0.3 is 15.0 Å². The Bertz CT molecular complexity index is 868. The second-order valence-electron chi connectivity index (χ2n) is 6.02. The Morgan fingerprint density at radius 2 is 1.91 bits per heavy atom. The summed E-state index contributed by atoms with van der Waals surface area (Å²) >= 11 is 0. The Kier molecular flexibility index (Phi) is 3.39. The van der Waals surface area contributed by atoms with Gasteiger partial charge in [-0.2, -0.15) is 0 Å². The molecule has 2 N–H and O–H groups in total. The zero-order valence-electron chi connectivity index (χ0n) is 12.6. The van der Waals surface area contributed by atoms with Crippen LogP contribution in [0.25, 0.3) is 10.9 Å². The number of hydrogen-bond acceptors (Lipinski definition) is 2. The molecule has 0 saturated heterocycles. The molecule has 2 aromatic carbocycles. The summed E-state index contributed by atoms with van der Waals surface area (Å²) in [6, 6.07) is 17.5. The zero-order chi connectivity index (χ0) is 15.8. The molecule has 0 spiro atoms. The van der Waals surface area contributed by atoms with Gasteiger partial charge in [0.2, 0.25) is 5.91 Å². The largest absolute Gasteiger partial charge is 0.390 e. The Morgan fingerprint density at radius 3 is 2.83 bits per heavy atom. The molecule has 116 valence electrons. The number of carbonyl (C=O) groups is 1. The van der Waals surface area contributed by atoms with Crippen molar-refractivity contribution < 1.29 is 9.90 Å². The van der Waals surface area contributed by atoms with Crippen molar-refractivity contribution in [2.24, 2.45) is 0 Å². The van der Waals surface area contributed by atoms with Crippen molar-refractivity contribution in [3.05, 3.63) is 71.9 Å². The van der Waals surface area contributed by atoms with E-state index in [1.165, 1.54) is 0 Å². The molecule has 1 aliphatic rings. The van der Waals surface area contributed by atoms with Crippen LogP contribution in [0, 0.1) is 0 Å². The molecule has 1 aromatic heterocycles. The number of benzene rings is 2. The molecule has 0 fully saturated rings. The topological polar surface area (TPSA) is 54.3 Å². The highest BCUT2D eigenvalue weighted by Crippen LogP contribution is 2.31. The number of fused-ring (bicyclic) bond motifs is 2. The molecule has 0 saturated carbocycles. The number of para-hydroxylation sites is 1. The standard InChI is InChI=1S/C19H18N2O2/c22-17-11-14-6-1-3-7-15(14)19(17)20-18(23)12-21-10-9-13-5-2-4-8-16(13)21/h1-10,17,19,22H,11-12H2,(H,20,23)/t17-,19+/m1/s1. The number of hydrogen-bond donors (Lipinski definition) is 2. The Balaban J connectivity index is 1.52. The second kappa shape index (κ2) is 5.56. The van der Waals surface area contributed by atoms with E-state index in [4.69, 9.17) is 0 Å². The van der Waals surface area contributed by atoms with Crippen LogP contribution in [0.4, 0.5) is 0 Å². The molecular weight excluding hydrogens is 288 g/mol. The maximum Gasteiger partial charge on any atom is 0.240 e. The Labute approximate surface area is 134 Å². The SMILES string of the molecule is O=C(Cn1ccc2ccccc21)N[C@H]1c2ccccc2C[C@H]1O. The Hall–Kier alpha value is -2.59. The van der Waals surface area contributed by atoms with Crippen molar-refractivity contribution in [2.75, 3.05) is 0 Å². The molecule has 0 aliphatic heterocycles. The van der Waals surface area contributed by atoms with Crippen LogP contribution in [0.5, 0.6) is 0 Å². The fourth-order valence-corrected chi connectivity index (χ4v) is 3.40. The predicted molar refractivity (Wildman–Crippen MR) is 89.0 cm³/mol. The number of carbonyl (C=O) groups excluding carboxylic acids is 1. The van der Waals surface area contributed by atoms with Crippen molar-refractivity contribution in [3.8, 4) is 0 Å². The van der Waals surface area contributed by atoms with Gasteiger partial charge in [0.15, 0.2) is 0 Å². The van der Waals surface area contributed by atoms with Crippen LogP contribution in [0.15, 0.2) is 60.8 Å². The molecule has 4 rings (SSSR count). The Morgan fingerprint density at radius 1 is 1.13 bits per heavy atom. The summed E-state index contributed by atoms with van der Waals surface area (Å²) in [6.45, 7) is 0.249. The van der Waals surface area contributed by atoms with Gasteiger partial charge in [-0.15, -0.1) is 0 Å². The smallest absolute Gasteiger partial charge is 0.240 e. The minimum absolute atomic E-state index is 0.0906. The van der Waals surface area contributed by atoms with Gasteiger partial charge in [-0.05, 0) is 28.6 Å². The number of nitrogens with one attached hydrogen (secondary N) is 1. The van der Waals surface area contributed by atoms with Crippen LogP contribution in [0.2, 0.25) is 0 Å². The van der Waals surface area contributed by atoms with Crippen molar-refractivity contribution in [1.82, 2.24) is 9.88 Å². The van der Waals surface area contributed by atoms with Gasteiger partial charge in [0.1, 0.15) is 6.54 Å². The molecule has 0 unspecified atom stereocenters. The van der Waals surface area contributed by atoms with E-state index in [2.05, 4.69) is 5.32 Å². The van der Waals surface area contributed by atoms with Crippen molar-refractivity contribution in [3.63, 3.8) is 0 Å². The summed E-state index contributed by atoms with van der Waals surface area (Å²) in [6.07, 6.45) is 1.95. The lowest BCUT2D eigenvalue weighted by atomic mass is 10.1. The first-order valence-electron chi connectivity index (χ1n) is 7.81. The summed E-state index contributed by atoms with van der Waals surface area (Å²) < 4.78 is 1.93. The van der Waals surface area contributed by atoms with E-state index in [1.807, 2.05) is 65.4 Å². The van der Waals surface area contributed by atoms with Gasteiger partial charge in [-0.3, -0.25) is 4.79 Å². The van der Waals surface area contributed by atoms with Crippen LogP contribution in [0.1, 0.15) is 17.2 Å². The molecule has 1 amide bonds. The minimum atomic E-state index is -0.558. The third-order valence-corrected chi connectivity index (χ3v) is 4.51. The predicted octanol–water partition coefficient (Wildman–Crippen LogP) is 2.42. The fourth-order valence-electron chi connectivity index (χ4n) is 3.40. The fraction of sp³-hybridized carbons (Fsp3) is 0.211. The highest BCUT2D eigenvalue weighted by molar-refractivity contribution is 5.83. The van der Waals surface area contributed by atoms with E-state index < -0.39 is 6.10 Å².